The van der Waals surface area contributed by atoms with E-state index in [2.05, 4.69) is 27.7 Å². The monoisotopic (exact) mass is 266 g/mol. The van der Waals surface area contributed by atoms with Gasteiger partial charge in [-0.05, 0) is 32.7 Å². The summed E-state index contributed by atoms with van der Waals surface area (Å²) >= 11 is 0. The highest BCUT2D eigenvalue weighted by atomic mass is 16.5. The number of rotatable bonds is 6. The third-order valence-corrected chi connectivity index (χ3v) is 3.55. The molecule has 1 fully saturated rings. The molecule has 1 unspecified atom stereocenters. The summed E-state index contributed by atoms with van der Waals surface area (Å²) in [4.78, 5) is 16.4. The fraction of sp³-hybridized carbons (Fsp3) is 0.769. The van der Waals surface area contributed by atoms with Gasteiger partial charge in [0.15, 0.2) is 5.82 Å². The smallest absolute Gasteiger partial charge is 0.240 e. The van der Waals surface area contributed by atoms with Crippen LogP contribution in [0.1, 0.15) is 44.3 Å². The lowest BCUT2D eigenvalue weighted by Crippen LogP contribution is -2.53. The van der Waals surface area contributed by atoms with Crippen molar-refractivity contribution >= 4 is 5.91 Å². The van der Waals surface area contributed by atoms with Crippen LogP contribution in [0.5, 0.6) is 0 Å². The van der Waals surface area contributed by atoms with Gasteiger partial charge in [0.2, 0.25) is 11.8 Å². The first kappa shape index (κ1) is 14.0. The molecule has 1 saturated heterocycles. The molecule has 1 amide bonds. The number of hydrogen-bond acceptors (Lipinski definition) is 5. The maximum atomic E-state index is 12.3. The van der Waals surface area contributed by atoms with E-state index in [9.17, 15) is 4.79 Å². The average molecular weight is 266 g/mol. The van der Waals surface area contributed by atoms with Crippen molar-refractivity contribution < 1.29 is 9.32 Å². The van der Waals surface area contributed by atoms with Crippen molar-refractivity contribution in [2.45, 2.75) is 51.5 Å². The number of aryl methyl sites for hydroxylation is 1. The summed E-state index contributed by atoms with van der Waals surface area (Å²) in [5.41, 5.74) is -0.362. The Labute approximate surface area is 113 Å². The summed E-state index contributed by atoms with van der Waals surface area (Å²) in [5.74, 6) is 1.30. The minimum Gasteiger partial charge on any atom is -0.354 e. The fourth-order valence-corrected chi connectivity index (χ4v) is 2.65. The lowest BCUT2D eigenvalue weighted by Gasteiger charge is -2.27. The number of carbonyl (C=O) groups is 1. The summed E-state index contributed by atoms with van der Waals surface area (Å²) in [6.45, 7) is 5.35. The van der Waals surface area contributed by atoms with Crippen LogP contribution in [0.3, 0.4) is 0 Å². The maximum absolute atomic E-state index is 12.3. The van der Waals surface area contributed by atoms with Crippen LogP contribution in [0, 0.1) is 6.92 Å². The van der Waals surface area contributed by atoms with Crippen LogP contribution in [0.4, 0.5) is 0 Å². The minimum atomic E-state index is -0.362. The highest BCUT2D eigenvalue weighted by Crippen LogP contribution is 2.24. The molecule has 6 nitrogen and oxygen atoms in total. The molecule has 0 saturated carbocycles. The number of aromatic nitrogens is 2. The molecule has 0 aromatic carbocycles. The second kappa shape index (κ2) is 6.14. The first-order chi connectivity index (χ1) is 9.16. The molecule has 19 heavy (non-hydrogen) atoms. The van der Waals surface area contributed by atoms with Gasteiger partial charge < -0.3 is 15.2 Å². The number of nitrogens with one attached hydrogen (secondary N) is 2. The molecule has 0 aliphatic carbocycles. The number of nitrogens with zero attached hydrogens (tertiary/aromatic N) is 2. The molecular weight excluding hydrogens is 244 g/mol. The van der Waals surface area contributed by atoms with Crippen LogP contribution in [0.25, 0.3) is 0 Å². The minimum absolute atomic E-state index is 0.100. The van der Waals surface area contributed by atoms with Crippen LogP contribution in [-0.4, -0.2) is 34.7 Å². The first-order valence-corrected chi connectivity index (χ1v) is 6.99. The van der Waals surface area contributed by atoms with E-state index >= 15 is 0 Å². The molecule has 0 radical (unpaired) electrons. The topological polar surface area (TPSA) is 80.1 Å². The lowest BCUT2D eigenvalue weighted by molar-refractivity contribution is -0.127. The van der Waals surface area contributed by atoms with Crippen LogP contribution in [-0.2, 0) is 11.2 Å². The van der Waals surface area contributed by atoms with E-state index in [1.807, 2.05) is 0 Å². The van der Waals surface area contributed by atoms with Crippen LogP contribution in [0.2, 0.25) is 0 Å². The highest BCUT2D eigenvalue weighted by molar-refractivity contribution is 5.86. The molecule has 2 heterocycles. The van der Waals surface area contributed by atoms with Crippen LogP contribution >= 0.6 is 0 Å². The van der Waals surface area contributed by atoms with Crippen molar-refractivity contribution in [2.24, 2.45) is 0 Å². The van der Waals surface area contributed by atoms with Gasteiger partial charge in [-0.15, -0.1) is 0 Å². The molecule has 6 heteroatoms. The van der Waals surface area contributed by atoms with Crippen molar-refractivity contribution in [3.05, 3.63) is 11.7 Å². The molecule has 1 aliphatic rings. The van der Waals surface area contributed by atoms with Gasteiger partial charge in [-0.25, -0.2) is 0 Å². The lowest BCUT2D eigenvalue weighted by atomic mass is 9.91. The fourth-order valence-electron chi connectivity index (χ4n) is 2.65. The van der Waals surface area contributed by atoms with Crippen LogP contribution in [0.15, 0.2) is 4.52 Å². The Morgan fingerprint density at radius 2 is 2.42 bits per heavy atom. The standard InChI is InChI=1S/C13H22N4O2/c1-3-6-13(7-4-8-15-13)12(18)14-9-5-11-16-10(2)17-19-11/h15H,3-9H2,1-2H3,(H,14,18). The number of carbonyl (C=O) groups excluding carboxylic acids is 1. The molecular formula is C13H22N4O2. The van der Waals surface area contributed by atoms with Crippen molar-refractivity contribution in [1.29, 1.82) is 0 Å². The first-order valence-electron chi connectivity index (χ1n) is 6.99. The van der Waals surface area contributed by atoms with E-state index in [0.29, 0.717) is 24.7 Å². The Morgan fingerprint density at radius 3 is 3.00 bits per heavy atom. The van der Waals surface area contributed by atoms with E-state index in [0.717, 1.165) is 32.2 Å². The second-order valence-corrected chi connectivity index (χ2v) is 5.10. The Balaban J connectivity index is 1.82. The second-order valence-electron chi connectivity index (χ2n) is 5.10. The SMILES string of the molecule is CCCC1(C(=O)NCCc2nc(C)no2)CCCN1. The van der Waals surface area contributed by atoms with Gasteiger partial charge in [0.1, 0.15) is 0 Å². The van der Waals surface area contributed by atoms with Gasteiger partial charge in [0, 0.05) is 13.0 Å². The molecule has 0 spiro atoms. The van der Waals surface area contributed by atoms with Gasteiger partial charge in [-0.2, -0.15) is 4.98 Å². The molecule has 1 aliphatic heterocycles. The van der Waals surface area contributed by atoms with Crippen molar-refractivity contribution in [1.82, 2.24) is 20.8 Å². The normalized spacial score (nSPS) is 22.6. The molecule has 0 bridgehead atoms. The van der Waals surface area contributed by atoms with E-state index in [-0.39, 0.29) is 11.4 Å². The molecule has 1 aromatic rings. The van der Waals surface area contributed by atoms with E-state index in [4.69, 9.17) is 4.52 Å². The van der Waals surface area contributed by atoms with E-state index in [1.54, 1.807) is 6.92 Å². The molecule has 1 atom stereocenters. The Bertz CT molecular complexity index is 424. The number of hydrogen-bond donors (Lipinski definition) is 2. The third-order valence-electron chi connectivity index (χ3n) is 3.55. The number of amides is 1. The summed E-state index contributed by atoms with van der Waals surface area (Å²) < 4.78 is 5.02. The summed E-state index contributed by atoms with van der Waals surface area (Å²) in [7, 11) is 0. The largest absolute Gasteiger partial charge is 0.354 e. The predicted octanol–water partition coefficient (Wildman–Crippen LogP) is 0.959. The van der Waals surface area contributed by atoms with Gasteiger partial charge >= 0.3 is 0 Å². The zero-order valence-corrected chi connectivity index (χ0v) is 11.7. The van der Waals surface area contributed by atoms with Crippen molar-refractivity contribution in [3.63, 3.8) is 0 Å². The van der Waals surface area contributed by atoms with E-state index in [1.165, 1.54) is 0 Å². The summed E-state index contributed by atoms with van der Waals surface area (Å²) in [5, 5.41) is 10.1. The van der Waals surface area contributed by atoms with Crippen LogP contribution < -0.4 is 10.6 Å². The Morgan fingerprint density at radius 1 is 1.58 bits per heavy atom. The van der Waals surface area contributed by atoms with Gasteiger partial charge in [0.25, 0.3) is 0 Å². The Kier molecular flexibility index (Phi) is 4.52. The van der Waals surface area contributed by atoms with Crippen molar-refractivity contribution in [3.8, 4) is 0 Å². The van der Waals surface area contributed by atoms with Crippen molar-refractivity contribution in [2.75, 3.05) is 13.1 Å². The Hall–Kier alpha value is -1.43. The quantitative estimate of drug-likeness (QED) is 0.801. The third kappa shape index (κ3) is 3.32. The predicted molar refractivity (Wildman–Crippen MR) is 70.6 cm³/mol. The summed E-state index contributed by atoms with van der Waals surface area (Å²) in [6, 6.07) is 0. The molecule has 2 N–H and O–H groups in total. The highest BCUT2D eigenvalue weighted by Gasteiger charge is 2.39. The molecule has 106 valence electrons. The van der Waals surface area contributed by atoms with E-state index < -0.39 is 0 Å². The van der Waals surface area contributed by atoms with Gasteiger partial charge in [-0.1, -0.05) is 18.5 Å². The molecule has 2 rings (SSSR count). The maximum Gasteiger partial charge on any atom is 0.240 e. The molecule has 1 aromatic heterocycles. The van der Waals surface area contributed by atoms with Gasteiger partial charge in [0.05, 0.1) is 5.54 Å². The zero-order valence-electron chi connectivity index (χ0n) is 11.7. The zero-order chi connectivity index (χ0) is 13.7. The van der Waals surface area contributed by atoms with Gasteiger partial charge in [-0.3, -0.25) is 4.79 Å². The average Bonchev–Trinajstić information content (AvgIpc) is 3.00. The summed E-state index contributed by atoms with van der Waals surface area (Å²) in [6.07, 6.45) is 4.46.